The second kappa shape index (κ2) is 6.00. The van der Waals surface area contributed by atoms with Gasteiger partial charge in [-0.15, -0.1) is 11.3 Å². The number of nitrogens with two attached hydrogens (primary N) is 1. The van der Waals surface area contributed by atoms with Gasteiger partial charge in [-0.3, -0.25) is 10.1 Å². The normalized spacial score (nSPS) is 10.6. The van der Waals surface area contributed by atoms with E-state index in [0.717, 1.165) is 29.1 Å². The van der Waals surface area contributed by atoms with E-state index in [-0.39, 0.29) is 5.91 Å². The number of aromatic nitrogens is 2. The van der Waals surface area contributed by atoms with Gasteiger partial charge in [-0.05, 0) is 32.4 Å². The van der Waals surface area contributed by atoms with Crippen LogP contribution in [0.4, 0.5) is 10.9 Å². The molecule has 2 aromatic heterocycles. The van der Waals surface area contributed by atoms with Crippen molar-refractivity contribution in [2.24, 2.45) is 0 Å². The molecule has 2 aromatic rings. The summed E-state index contributed by atoms with van der Waals surface area (Å²) in [5.74, 6) is 0.165. The van der Waals surface area contributed by atoms with E-state index in [1.165, 1.54) is 11.3 Å². The third-order valence-electron chi connectivity index (χ3n) is 2.92. The summed E-state index contributed by atoms with van der Waals surface area (Å²) in [5.41, 5.74) is 8.04. The molecule has 106 valence electrons. The summed E-state index contributed by atoms with van der Waals surface area (Å²) in [4.78, 5) is 21.8. The molecule has 0 radical (unpaired) electrons. The van der Waals surface area contributed by atoms with Crippen LogP contribution >= 0.6 is 11.3 Å². The number of anilines is 2. The summed E-state index contributed by atoms with van der Waals surface area (Å²) in [6, 6.07) is 3.37. The summed E-state index contributed by atoms with van der Waals surface area (Å²) < 4.78 is 0. The molecule has 3 N–H and O–H groups in total. The lowest BCUT2D eigenvalue weighted by Crippen LogP contribution is -2.13. The molecule has 0 aliphatic carbocycles. The van der Waals surface area contributed by atoms with Crippen LogP contribution in [0, 0.1) is 13.8 Å². The molecule has 0 aliphatic rings. The van der Waals surface area contributed by atoms with Gasteiger partial charge in [0.15, 0.2) is 5.13 Å². The molecule has 0 bridgehead atoms. The number of rotatable bonds is 4. The fraction of sp³-hybridized carbons (Fsp3) is 0.357. The van der Waals surface area contributed by atoms with Crippen molar-refractivity contribution in [3.8, 4) is 0 Å². The maximum atomic E-state index is 12.2. The standard InChI is InChI=1S/C14H18N4OS/c1-4-5-11-6-10(7-12(15)17-11)13(19)18-14-16-8(2)9(3)20-14/h6-7H,4-5H2,1-3H3,(H2,15,17)(H,16,18,19). The van der Waals surface area contributed by atoms with Crippen LogP contribution in [0.5, 0.6) is 0 Å². The number of carbonyl (C=O) groups is 1. The van der Waals surface area contributed by atoms with Crippen molar-refractivity contribution < 1.29 is 4.79 Å². The number of nitrogens with one attached hydrogen (secondary N) is 1. The minimum atomic E-state index is -0.204. The molecular formula is C14H18N4OS. The van der Waals surface area contributed by atoms with Crippen molar-refractivity contribution in [1.82, 2.24) is 9.97 Å². The van der Waals surface area contributed by atoms with E-state index in [2.05, 4.69) is 22.2 Å². The molecule has 0 atom stereocenters. The van der Waals surface area contributed by atoms with E-state index in [4.69, 9.17) is 5.73 Å². The van der Waals surface area contributed by atoms with Crippen molar-refractivity contribution >= 4 is 28.2 Å². The predicted molar refractivity (Wildman–Crippen MR) is 82.2 cm³/mol. The Morgan fingerprint density at radius 2 is 2.10 bits per heavy atom. The second-order valence-electron chi connectivity index (χ2n) is 4.64. The van der Waals surface area contributed by atoms with Gasteiger partial charge >= 0.3 is 0 Å². The van der Waals surface area contributed by atoms with E-state index in [0.29, 0.717) is 16.5 Å². The fourth-order valence-corrected chi connectivity index (χ4v) is 2.63. The van der Waals surface area contributed by atoms with Crippen LogP contribution in [-0.2, 0) is 6.42 Å². The molecule has 5 nitrogen and oxygen atoms in total. The summed E-state index contributed by atoms with van der Waals surface area (Å²) in [6.07, 6.45) is 1.77. The number of carbonyl (C=O) groups excluding carboxylic acids is 1. The summed E-state index contributed by atoms with van der Waals surface area (Å²) in [5, 5.41) is 3.41. The van der Waals surface area contributed by atoms with Crippen molar-refractivity contribution in [2.45, 2.75) is 33.6 Å². The maximum absolute atomic E-state index is 12.2. The van der Waals surface area contributed by atoms with Crippen LogP contribution in [0.3, 0.4) is 0 Å². The van der Waals surface area contributed by atoms with E-state index < -0.39 is 0 Å². The molecule has 0 aromatic carbocycles. The summed E-state index contributed by atoms with van der Waals surface area (Å²) >= 11 is 1.47. The summed E-state index contributed by atoms with van der Waals surface area (Å²) in [6.45, 7) is 5.96. The molecule has 6 heteroatoms. The predicted octanol–water partition coefficient (Wildman–Crippen LogP) is 2.94. The Hall–Kier alpha value is -1.95. The Labute approximate surface area is 122 Å². The van der Waals surface area contributed by atoms with E-state index in [1.54, 1.807) is 12.1 Å². The molecule has 1 amide bonds. The average Bonchev–Trinajstić information content (AvgIpc) is 2.68. The van der Waals surface area contributed by atoms with Gasteiger partial charge < -0.3 is 5.73 Å². The maximum Gasteiger partial charge on any atom is 0.257 e. The Morgan fingerprint density at radius 1 is 1.35 bits per heavy atom. The highest BCUT2D eigenvalue weighted by Gasteiger charge is 2.12. The number of nitrogen functional groups attached to an aromatic ring is 1. The van der Waals surface area contributed by atoms with Gasteiger partial charge in [-0.1, -0.05) is 13.3 Å². The molecule has 0 saturated heterocycles. The number of pyridine rings is 1. The number of thiazole rings is 1. The van der Waals surface area contributed by atoms with Crippen LogP contribution in [0.15, 0.2) is 12.1 Å². The minimum absolute atomic E-state index is 0.204. The SMILES string of the molecule is CCCc1cc(C(=O)Nc2nc(C)c(C)s2)cc(N)n1. The molecule has 2 rings (SSSR count). The van der Waals surface area contributed by atoms with Crippen LogP contribution < -0.4 is 11.1 Å². The Kier molecular flexibility index (Phi) is 4.34. The van der Waals surface area contributed by atoms with Crippen LogP contribution in [-0.4, -0.2) is 15.9 Å². The van der Waals surface area contributed by atoms with Gasteiger partial charge in [0.05, 0.1) is 5.69 Å². The summed E-state index contributed by atoms with van der Waals surface area (Å²) in [7, 11) is 0. The lowest BCUT2D eigenvalue weighted by Gasteiger charge is -2.05. The number of amides is 1. The smallest absolute Gasteiger partial charge is 0.257 e. The Morgan fingerprint density at radius 3 is 2.70 bits per heavy atom. The highest BCUT2D eigenvalue weighted by molar-refractivity contribution is 7.15. The second-order valence-corrected chi connectivity index (χ2v) is 5.84. The molecule has 2 heterocycles. The zero-order valence-electron chi connectivity index (χ0n) is 11.9. The molecule has 0 saturated carbocycles. The van der Waals surface area contributed by atoms with E-state index in [9.17, 15) is 4.79 Å². The van der Waals surface area contributed by atoms with Gasteiger partial charge in [0, 0.05) is 16.1 Å². The first-order chi connectivity index (χ1) is 9.49. The first-order valence-electron chi connectivity index (χ1n) is 6.51. The molecular weight excluding hydrogens is 272 g/mol. The Bertz CT molecular complexity index is 617. The number of hydrogen-bond donors (Lipinski definition) is 2. The van der Waals surface area contributed by atoms with Crippen molar-refractivity contribution in [3.63, 3.8) is 0 Å². The highest BCUT2D eigenvalue weighted by atomic mass is 32.1. The van der Waals surface area contributed by atoms with Gasteiger partial charge in [0.1, 0.15) is 5.82 Å². The van der Waals surface area contributed by atoms with Crippen LogP contribution in [0.2, 0.25) is 0 Å². The molecule has 0 fully saturated rings. The lowest BCUT2D eigenvalue weighted by molar-refractivity contribution is 0.102. The van der Waals surface area contributed by atoms with Crippen LogP contribution in [0.25, 0.3) is 0 Å². The van der Waals surface area contributed by atoms with Gasteiger partial charge in [0.2, 0.25) is 0 Å². The third kappa shape index (κ3) is 3.33. The fourth-order valence-electron chi connectivity index (χ4n) is 1.82. The lowest BCUT2D eigenvalue weighted by atomic mass is 10.1. The number of aryl methyl sites for hydroxylation is 3. The average molecular weight is 290 g/mol. The van der Waals surface area contributed by atoms with Crippen molar-refractivity contribution in [2.75, 3.05) is 11.1 Å². The highest BCUT2D eigenvalue weighted by Crippen LogP contribution is 2.22. The molecule has 0 aliphatic heterocycles. The van der Waals surface area contributed by atoms with E-state index >= 15 is 0 Å². The van der Waals surface area contributed by atoms with E-state index in [1.807, 2.05) is 13.8 Å². The molecule has 20 heavy (non-hydrogen) atoms. The number of hydrogen-bond acceptors (Lipinski definition) is 5. The van der Waals surface area contributed by atoms with Gasteiger partial charge in [0.25, 0.3) is 5.91 Å². The number of nitrogens with zero attached hydrogens (tertiary/aromatic N) is 2. The topological polar surface area (TPSA) is 80.9 Å². The Balaban J connectivity index is 2.20. The van der Waals surface area contributed by atoms with Gasteiger partial charge in [-0.25, -0.2) is 9.97 Å². The molecule has 0 unspecified atom stereocenters. The van der Waals surface area contributed by atoms with Gasteiger partial charge in [-0.2, -0.15) is 0 Å². The first-order valence-corrected chi connectivity index (χ1v) is 7.33. The monoisotopic (exact) mass is 290 g/mol. The zero-order chi connectivity index (χ0) is 14.7. The largest absolute Gasteiger partial charge is 0.384 e. The zero-order valence-corrected chi connectivity index (χ0v) is 12.7. The van der Waals surface area contributed by atoms with Crippen molar-refractivity contribution in [1.29, 1.82) is 0 Å². The van der Waals surface area contributed by atoms with Crippen LogP contribution in [0.1, 0.15) is 40.0 Å². The third-order valence-corrected chi connectivity index (χ3v) is 3.90. The quantitative estimate of drug-likeness (QED) is 0.907. The molecule has 0 spiro atoms. The van der Waals surface area contributed by atoms with Crippen molar-refractivity contribution in [3.05, 3.63) is 34.0 Å². The minimum Gasteiger partial charge on any atom is -0.384 e. The first kappa shape index (κ1) is 14.5.